The van der Waals surface area contributed by atoms with Crippen LogP contribution in [0, 0.1) is 5.41 Å². The number of ketones is 1. The highest BCUT2D eigenvalue weighted by molar-refractivity contribution is 6.53. The van der Waals surface area contributed by atoms with Crippen LogP contribution in [0.4, 0.5) is 5.69 Å². The molecule has 1 aromatic rings. The van der Waals surface area contributed by atoms with Gasteiger partial charge >= 0.3 is 5.97 Å². The van der Waals surface area contributed by atoms with Crippen LogP contribution in [0.25, 0.3) is 0 Å². The van der Waals surface area contributed by atoms with Gasteiger partial charge in [0.05, 0.1) is 5.69 Å². The highest BCUT2D eigenvalue weighted by atomic mass is 35.5. The Balaban J connectivity index is 1.64. The molecule has 0 saturated heterocycles. The second kappa shape index (κ2) is 5.39. The molecule has 6 nitrogen and oxygen atoms in total. The molecule has 0 radical (unpaired) electrons. The lowest BCUT2D eigenvalue weighted by molar-refractivity contribution is -0.148. The van der Waals surface area contributed by atoms with Crippen LogP contribution >= 0.6 is 23.2 Å². The Morgan fingerprint density at radius 1 is 1.39 bits per heavy atom. The summed E-state index contributed by atoms with van der Waals surface area (Å²) in [6.07, 6.45) is 0.290. The van der Waals surface area contributed by atoms with Gasteiger partial charge in [0.1, 0.15) is 15.5 Å². The minimum atomic E-state index is -1.14. The zero-order chi connectivity index (χ0) is 16.8. The fraction of sp³-hybridized carbons (Fsp3) is 0.400. The van der Waals surface area contributed by atoms with Gasteiger partial charge in [-0.3, -0.25) is 14.4 Å². The summed E-state index contributed by atoms with van der Waals surface area (Å²) in [6.45, 7) is 1.10. The van der Waals surface area contributed by atoms with Crippen molar-refractivity contribution in [1.82, 2.24) is 0 Å². The van der Waals surface area contributed by atoms with Crippen molar-refractivity contribution in [2.24, 2.45) is 5.41 Å². The van der Waals surface area contributed by atoms with Gasteiger partial charge < -0.3 is 14.8 Å². The number of benzene rings is 1. The number of fused-ring (bicyclic) bond motifs is 1. The third-order valence-electron chi connectivity index (χ3n) is 3.98. The molecule has 1 aliphatic carbocycles. The second-order valence-corrected chi connectivity index (χ2v) is 7.24. The Bertz CT molecular complexity index is 718. The predicted molar refractivity (Wildman–Crippen MR) is 83.0 cm³/mol. The van der Waals surface area contributed by atoms with Gasteiger partial charge in [-0.1, -0.05) is 0 Å². The number of esters is 1. The average Bonchev–Trinajstić information content (AvgIpc) is 3.03. The van der Waals surface area contributed by atoms with Gasteiger partial charge in [0, 0.05) is 12.0 Å². The number of amides is 1. The number of anilines is 1. The van der Waals surface area contributed by atoms with Crippen LogP contribution in [0.3, 0.4) is 0 Å². The molecule has 1 heterocycles. The SMILES string of the molecule is CC1(C(=O)OCC(=O)c2ccc3c(c2)NC(=O)CO3)CC1(Cl)Cl. The third kappa shape index (κ3) is 2.88. The van der Waals surface area contributed by atoms with Crippen molar-refractivity contribution in [3.05, 3.63) is 23.8 Å². The van der Waals surface area contributed by atoms with E-state index in [1.54, 1.807) is 19.1 Å². The minimum Gasteiger partial charge on any atom is -0.482 e. The lowest BCUT2D eigenvalue weighted by atomic mass is 10.1. The first kappa shape index (κ1) is 16.1. The summed E-state index contributed by atoms with van der Waals surface area (Å²) in [5, 5.41) is 2.61. The van der Waals surface area contributed by atoms with Crippen molar-refractivity contribution in [2.45, 2.75) is 17.7 Å². The highest BCUT2D eigenvalue weighted by Crippen LogP contribution is 2.64. The molecule has 8 heteroatoms. The van der Waals surface area contributed by atoms with E-state index in [4.69, 9.17) is 32.7 Å². The van der Waals surface area contributed by atoms with E-state index in [2.05, 4.69) is 5.32 Å². The van der Waals surface area contributed by atoms with E-state index in [0.29, 0.717) is 23.4 Å². The number of nitrogens with one attached hydrogen (secondary N) is 1. The van der Waals surface area contributed by atoms with Crippen molar-refractivity contribution in [2.75, 3.05) is 18.5 Å². The van der Waals surface area contributed by atoms with Gasteiger partial charge in [0.15, 0.2) is 19.0 Å². The van der Waals surface area contributed by atoms with Gasteiger partial charge in [-0.05, 0) is 25.1 Å². The molecule has 0 bridgehead atoms. The van der Waals surface area contributed by atoms with E-state index in [1.807, 2.05) is 0 Å². The first-order valence-electron chi connectivity index (χ1n) is 6.88. The first-order valence-corrected chi connectivity index (χ1v) is 7.63. The number of halogens is 2. The highest BCUT2D eigenvalue weighted by Gasteiger charge is 2.69. The molecular weight excluding hydrogens is 345 g/mol. The maximum Gasteiger partial charge on any atom is 0.315 e. The van der Waals surface area contributed by atoms with Gasteiger partial charge in [0.25, 0.3) is 5.91 Å². The van der Waals surface area contributed by atoms with Crippen LogP contribution in [0.2, 0.25) is 0 Å². The number of carbonyl (C=O) groups excluding carboxylic acids is 3. The number of hydrogen-bond donors (Lipinski definition) is 1. The van der Waals surface area contributed by atoms with Crippen LogP contribution in [0.5, 0.6) is 5.75 Å². The zero-order valence-electron chi connectivity index (χ0n) is 12.2. The van der Waals surface area contributed by atoms with E-state index in [9.17, 15) is 14.4 Å². The molecule has 0 spiro atoms. The number of ether oxygens (including phenoxy) is 2. The van der Waals surface area contributed by atoms with Crippen LogP contribution in [-0.2, 0) is 14.3 Å². The summed E-state index contributed by atoms with van der Waals surface area (Å²) in [6, 6.07) is 4.60. The number of rotatable bonds is 4. The molecule has 1 aliphatic heterocycles. The fourth-order valence-electron chi connectivity index (χ4n) is 2.25. The first-order chi connectivity index (χ1) is 10.7. The molecule has 3 rings (SSSR count). The normalized spacial score (nSPS) is 24.0. The lowest BCUT2D eigenvalue weighted by Gasteiger charge is -2.18. The number of Topliss-reactive ketones (excluding diaryl/α,β-unsaturated/α-hetero) is 1. The second-order valence-electron chi connectivity index (χ2n) is 5.76. The topological polar surface area (TPSA) is 81.7 Å². The van der Waals surface area contributed by atoms with E-state index in [1.165, 1.54) is 6.07 Å². The summed E-state index contributed by atoms with van der Waals surface area (Å²) in [4.78, 5) is 35.3. The lowest BCUT2D eigenvalue weighted by Crippen LogP contribution is -2.26. The zero-order valence-corrected chi connectivity index (χ0v) is 13.7. The molecule has 1 N–H and O–H groups in total. The third-order valence-corrected chi connectivity index (χ3v) is 5.08. The number of alkyl halides is 2. The van der Waals surface area contributed by atoms with Crippen molar-refractivity contribution in [3.8, 4) is 5.75 Å². The van der Waals surface area contributed by atoms with Gasteiger partial charge in [-0.15, -0.1) is 23.2 Å². The maximum absolute atomic E-state index is 12.1. The summed E-state index contributed by atoms with van der Waals surface area (Å²) in [7, 11) is 0. The Morgan fingerprint density at radius 3 is 2.74 bits per heavy atom. The van der Waals surface area contributed by atoms with Gasteiger partial charge in [-0.25, -0.2) is 0 Å². The van der Waals surface area contributed by atoms with E-state index < -0.39 is 28.1 Å². The Hall–Kier alpha value is -1.79. The van der Waals surface area contributed by atoms with Crippen molar-refractivity contribution in [1.29, 1.82) is 0 Å². The molecule has 1 saturated carbocycles. The molecular formula is C15H13Cl2NO5. The molecule has 1 unspecified atom stereocenters. The Labute approximate surface area is 142 Å². The molecule has 1 aromatic carbocycles. The predicted octanol–water partition coefficient (Wildman–Crippen LogP) is 2.33. The molecule has 122 valence electrons. The van der Waals surface area contributed by atoms with E-state index >= 15 is 0 Å². The summed E-state index contributed by atoms with van der Waals surface area (Å²) in [5.41, 5.74) is -0.270. The minimum absolute atomic E-state index is 0.0604. The monoisotopic (exact) mass is 357 g/mol. The summed E-state index contributed by atoms with van der Waals surface area (Å²) < 4.78 is 9.08. The molecule has 23 heavy (non-hydrogen) atoms. The van der Waals surface area contributed by atoms with Gasteiger partial charge in [-0.2, -0.15) is 0 Å². The van der Waals surface area contributed by atoms with E-state index in [-0.39, 0.29) is 12.5 Å². The van der Waals surface area contributed by atoms with Gasteiger partial charge in [0.2, 0.25) is 0 Å². The largest absolute Gasteiger partial charge is 0.482 e. The Kier molecular flexibility index (Phi) is 3.77. The number of hydrogen-bond acceptors (Lipinski definition) is 5. The van der Waals surface area contributed by atoms with E-state index in [0.717, 1.165) is 0 Å². The number of carbonyl (C=O) groups is 3. The van der Waals surface area contributed by atoms with Crippen LogP contribution < -0.4 is 10.1 Å². The molecule has 1 fully saturated rings. The average molecular weight is 358 g/mol. The standard InChI is InChI=1S/C15H13Cl2NO5/c1-14(7-15(14,16)17)13(21)23-5-10(19)8-2-3-11-9(4-8)18-12(20)6-22-11/h2-4H,5-7H2,1H3,(H,18,20). The van der Waals surface area contributed by atoms with Crippen molar-refractivity contribution >= 4 is 46.5 Å². The molecule has 1 amide bonds. The van der Waals surface area contributed by atoms with Crippen LogP contribution in [0.1, 0.15) is 23.7 Å². The van der Waals surface area contributed by atoms with Crippen molar-refractivity contribution < 1.29 is 23.9 Å². The quantitative estimate of drug-likeness (QED) is 0.508. The smallest absolute Gasteiger partial charge is 0.315 e. The summed E-state index contributed by atoms with van der Waals surface area (Å²) >= 11 is 11.8. The summed E-state index contributed by atoms with van der Waals surface area (Å²) in [5.74, 6) is -0.820. The fourth-order valence-corrected chi connectivity index (χ4v) is 2.94. The van der Waals surface area contributed by atoms with Crippen LogP contribution in [-0.4, -0.2) is 35.2 Å². The van der Waals surface area contributed by atoms with Crippen LogP contribution in [0.15, 0.2) is 18.2 Å². The van der Waals surface area contributed by atoms with Crippen molar-refractivity contribution in [3.63, 3.8) is 0 Å². The maximum atomic E-state index is 12.1. The molecule has 1 atom stereocenters. The molecule has 0 aromatic heterocycles. The molecule has 2 aliphatic rings. The Morgan fingerprint density at radius 2 is 2.09 bits per heavy atom.